The van der Waals surface area contributed by atoms with Gasteiger partial charge in [0.1, 0.15) is 0 Å². The summed E-state index contributed by atoms with van der Waals surface area (Å²) in [6.45, 7) is 1.92. The van der Waals surface area contributed by atoms with E-state index in [4.69, 9.17) is 5.11 Å². The first-order chi connectivity index (χ1) is 19.1. The Bertz CT molecular complexity index is 1160. The molecule has 9 heteroatoms. The first-order valence-electron chi connectivity index (χ1n) is 13.6. The number of aliphatic carboxylic acids is 2. The molecule has 0 aliphatic heterocycles. The van der Waals surface area contributed by atoms with E-state index in [1.165, 1.54) is 7.11 Å². The Balaban J connectivity index is 0.000000281. The van der Waals surface area contributed by atoms with Crippen LogP contribution in [0.1, 0.15) is 79.3 Å². The lowest BCUT2D eigenvalue weighted by Gasteiger charge is -2.27. The van der Waals surface area contributed by atoms with Gasteiger partial charge in [0.05, 0.1) is 18.9 Å². The summed E-state index contributed by atoms with van der Waals surface area (Å²) in [5.41, 5.74) is 3.40. The Kier molecular flexibility index (Phi) is 13.6. The number of carbonyl (C=O) groups is 5. The second kappa shape index (κ2) is 16.8. The van der Waals surface area contributed by atoms with Crippen molar-refractivity contribution in [1.82, 2.24) is 0 Å². The van der Waals surface area contributed by atoms with E-state index in [0.717, 1.165) is 36.1 Å². The maximum Gasteiger partial charge on any atom is 0.307 e. The SMILES string of the molecule is COC(=O)CCCc1ccc(C(=O)CCCC(=O)O)cc1.Cc1ccccc1NC(=O)[C@H]1CCCC[C@H]1C(=O)O. The van der Waals surface area contributed by atoms with E-state index in [1.807, 2.05) is 43.3 Å². The van der Waals surface area contributed by atoms with Crippen molar-refractivity contribution in [2.75, 3.05) is 12.4 Å². The van der Waals surface area contributed by atoms with Crippen LogP contribution in [-0.4, -0.2) is 46.9 Å². The summed E-state index contributed by atoms with van der Waals surface area (Å²) in [4.78, 5) is 56.7. The number of methoxy groups -OCH3 is 1. The molecule has 1 aliphatic rings. The lowest BCUT2D eigenvalue weighted by molar-refractivity contribution is -0.147. The maximum atomic E-state index is 12.3. The van der Waals surface area contributed by atoms with E-state index in [0.29, 0.717) is 37.7 Å². The minimum atomic E-state index is -0.885. The van der Waals surface area contributed by atoms with Gasteiger partial charge in [-0.25, -0.2) is 0 Å². The number of carbonyl (C=O) groups excluding carboxylic acids is 3. The van der Waals surface area contributed by atoms with Gasteiger partial charge in [-0.1, -0.05) is 55.3 Å². The number of hydrogen-bond acceptors (Lipinski definition) is 6. The fourth-order valence-electron chi connectivity index (χ4n) is 4.62. The number of nitrogens with one attached hydrogen (secondary N) is 1. The van der Waals surface area contributed by atoms with E-state index in [2.05, 4.69) is 10.1 Å². The van der Waals surface area contributed by atoms with E-state index in [-0.39, 0.29) is 30.5 Å². The third kappa shape index (κ3) is 11.0. The van der Waals surface area contributed by atoms with Gasteiger partial charge in [-0.3, -0.25) is 24.0 Å². The van der Waals surface area contributed by atoms with Gasteiger partial charge in [-0.05, 0) is 56.2 Å². The van der Waals surface area contributed by atoms with Crippen LogP contribution in [-0.2, 0) is 30.3 Å². The highest BCUT2D eigenvalue weighted by Gasteiger charge is 2.35. The van der Waals surface area contributed by atoms with Crippen molar-refractivity contribution in [3.05, 3.63) is 65.2 Å². The largest absolute Gasteiger partial charge is 0.481 e. The predicted molar refractivity (Wildman–Crippen MR) is 150 cm³/mol. The van der Waals surface area contributed by atoms with E-state index < -0.39 is 23.8 Å². The Morgan fingerprint density at radius 3 is 2.10 bits per heavy atom. The number of rotatable bonds is 12. The Hall–Kier alpha value is -4.01. The monoisotopic (exact) mass is 553 g/mol. The van der Waals surface area contributed by atoms with Crippen LogP contribution in [0.4, 0.5) is 5.69 Å². The topological polar surface area (TPSA) is 147 Å². The third-order valence-corrected chi connectivity index (χ3v) is 6.97. The fraction of sp³-hybridized carbons (Fsp3) is 0.452. The van der Waals surface area contributed by atoms with Crippen LogP contribution in [0, 0.1) is 18.8 Å². The van der Waals surface area contributed by atoms with E-state index >= 15 is 0 Å². The van der Waals surface area contributed by atoms with Gasteiger partial charge < -0.3 is 20.3 Å². The summed E-state index contributed by atoms with van der Waals surface area (Å²) in [5.74, 6) is -3.13. The predicted octanol–water partition coefficient (Wildman–Crippen LogP) is 5.44. The molecule has 0 unspecified atom stereocenters. The Morgan fingerprint density at radius 2 is 1.50 bits per heavy atom. The third-order valence-electron chi connectivity index (χ3n) is 6.97. The zero-order valence-electron chi connectivity index (χ0n) is 23.2. The molecule has 1 aliphatic carbocycles. The molecule has 1 amide bonds. The summed E-state index contributed by atoms with van der Waals surface area (Å²) in [6, 6.07) is 14.7. The molecular formula is C31H39NO8. The van der Waals surface area contributed by atoms with E-state index in [9.17, 15) is 29.1 Å². The number of carboxylic acid groups (broad SMARTS) is 2. The standard InChI is InChI=1S/C16H20O5.C15H19NO3/c1-21-16(20)7-2-4-12-8-10-13(11-9-12)14(17)5-3-6-15(18)19;1-10-6-2-5-9-13(10)16-14(17)11-7-3-4-8-12(11)15(18)19/h8-11H,2-7H2,1H3,(H,18,19);2,5-6,9,11-12H,3-4,7-8H2,1H3,(H,16,17)(H,18,19)/t;11-,12+/m.0/s1. The van der Waals surface area contributed by atoms with Crippen LogP contribution in [0.3, 0.4) is 0 Å². The van der Waals surface area contributed by atoms with Gasteiger partial charge in [0.2, 0.25) is 5.91 Å². The number of esters is 1. The van der Waals surface area contributed by atoms with Gasteiger partial charge in [0, 0.05) is 30.5 Å². The van der Waals surface area contributed by atoms with Crippen molar-refractivity contribution < 1.29 is 38.9 Å². The lowest BCUT2D eigenvalue weighted by atomic mass is 9.78. The molecular weight excluding hydrogens is 514 g/mol. The highest BCUT2D eigenvalue weighted by Crippen LogP contribution is 2.31. The molecule has 0 radical (unpaired) electrons. The van der Waals surface area contributed by atoms with Crippen molar-refractivity contribution in [2.24, 2.45) is 11.8 Å². The number of ether oxygens (including phenoxy) is 1. The minimum absolute atomic E-state index is 0.0113. The first-order valence-corrected chi connectivity index (χ1v) is 13.6. The van der Waals surface area contributed by atoms with Crippen LogP contribution in [0.2, 0.25) is 0 Å². The zero-order valence-corrected chi connectivity index (χ0v) is 23.2. The smallest absolute Gasteiger partial charge is 0.307 e. The minimum Gasteiger partial charge on any atom is -0.481 e. The summed E-state index contributed by atoms with van der Waals surface area (Å²) in [5, 5.41) is 20.6. The summed E-state index contributed by atoms with van der Waals surface area (Å²) in [7, 11) is 1.37. The molecule has 0 heterocycles. The molecule has 3 rings (SSSR count). The van der Waals surface area contributed by atoms with Gasteiger partial charge in [-0.15, -0.1) is 0 Å². The number of para-hydroxylation sites is 1. The van der Waals surface area contributed by atoms with Crippen molar-refractivity contribution in [3.8, 4) is 0 Å². The van der Waals surface area contributed by atoms with Gasteiger partial charge >= 0.3 is 17.9 Å². The molecule has 0 saturated heterocycles. The average molecular weight is 554 g/mol. The van der Waals surface area contributed by atoms with Crippen molar-refractivity contribution in [2.45, 2.75) is 71.1 Å². The van der Waals surface area contributed by atoms with E-state index in [1.54, 1.807) is 12.1 Å². The van der Waals surface area contributed by atoms with Crippen LogP contribution < -0.4 is 5.32 Å². The van der Waals surface area contributed by atoms with Crippen molar-refractivity contribution in [3.63, 3.8) is 0 Å². The highest BCUT2D eigenvalue weighted by molar-refractivity contribution is 5.96. The maximum absolute atomic E-state index is 12.3. The normalized spacial score (nSPS) is 16.1. The lowest BCUT2D eigenvalue weighted by Crippen LogP contribution is -2.36. The van der Waals surface area contributed by atoms with Crippen LogP contribution in [0.15, 0.2) is 48.5 Å². The molecule has 0 spiro atoms. The van der Waals surface area contributed by atoms with Gasteiger partial charge in [0.15, 0.2) is 5.78 Å². The molecule has 216 valence electrons. The molecule has 40 heavy (non-hydrogen) atoms. The summed E-state index contributed by atoms with van der Waals surface area (Å²) >= 11 is 0. The average Bonchev–Trinajstić information content (AvgIpc) is 2.94. The highest BCUT2D eigenvalue weighted by atomic mass is 16.5. The molecule has 2 aromatic carbocycles. The first kappa shape index (κ1) is 32.2. The molecule has 2 aromatic rings. The van der Waals surface area contributed by atoms with Crippen LogP contribution in [0.5, 0.6) is 0 Å². The second-order valence-electron chi connectivity index (χ2n) is 9.94. The Morgan fingerprint density at radius 1 is 0.850 bits per heavy atom. The summed E-state index contributed by atoms with van der Waals surface area (Å²) in [6.07, 6.45) is 5.53. The van der Waals surface area contributed by atoms with Crippen molar-refractivity contribution >= 4 is 35.3 Å². The molecule has 0 bridgehead atoms. The number of amides is 1. The molecule has 2 atom stereocenters. The number of anilines is 1. The quantitative estimate of drug-likeness (QED) is 0.232. The molecule has 1 fully saturated rings. The second-order valence-corrected chi connectivity index (χ2v) is 9.94. The number of benzene rings is 2. The van der Waals surface area contributed by atoms with Crippen LogP contribution in [0.25, 0.3) is 0 Å². The number of aryl methyl sites for hydroxylation is 2. The summed E-state index contributed by atoms with van der Waals surface area (Å²) < 4.78 is 4.57. The number of ketones is 1. The molecule has 1 saturated carbocycles. The number of carboxylic acids is 2. The van der Waals surface area contributed by atoms with Crippen LogP contribution >= 0.6 is 0 Å². The van der Waals surface area contributed by atoms with Gasteiger partial charge in [-0.2, -0.15) is 0 Å². The molecule has 0 aromatic heterocycles. The number of Topliss-reactive ketones (excluding diaryl/α,β-unsaturated/α-hetero) is 1. The number of hydrogen-bond donors (Lipinski definition) is 3. The molecule has 9 nitrogen and oxygen atoms in total. The molecule has 3 N–H and O–H groups in total. The van der Waals surface area contributed by atoms with Gasteiger partial charge in [0.25, 0.3) is 0 Å². The van der Waals surface area contributed by atoms with Crippen molar-refractivity contribution in [1.29, 1.82) is 0 Å². The Labute approximate surface area is 234 Å². The zero-order chi connectivity index (χ0) is 29.5. The fourth-order valence-corrected chi connectivity index (χ4v) is 4.62.